The van der Waals surface area contributed by atoms with E-state index in [-0.39, 0.29) is 13.2 Å². The van der Waals surface area contributed by atoms with Crippen molar-refractivity contribution in [2.75, 3.05) is 13.2 Å². The minimum atomic E-state index is -0.525. The maximum Gasteiger partial charge on any atom is 0.419 e. The average Bonchev–Trinajstić information content (AvgIpc) is 3.14. The molecule has 2 aromatic heterocycles. The topological polar surface area (TPSA) is 88.2 Å². The van der Waals surface area contributed by atoms with Gasteiger partial charge in [0.2, 0.25) is 0 Å². The highest BCUT2D eigenvalue weighted by atomic mass is 16.6. The van der Waals surface area contributed by atoms with Gasteiger partial charge in [-0.1, -0.05) is 0 Å². The molecule has 0 aliphatic rings. The van der Waals surface area contributed by atoms with Crippen LogP contribution in [0.5, 0.6) is 0 Å². The molecule has 0 N–H and O–H groups in total. The van der Waals surface area contributed by atoms with E-state index in [1.807, 2.05) is 0 Å². The van der Waals surface area contributed by atoms with Gasteiger partial charge in [0.25, 0.3) is 0 Å². The molecule has 0 saturated carbocycles. The molecule has 0 aliphatic heterocycles. The van der Waals surface area contributed by atoms with Crippen molar-refractivity contribution in [3.05, 3.63) is 49.6 Å². The third kappa shape index (κ3) is 3.80. The molecule has 0 aromatic carbocycles. The second-order valence-electron chi connectivity index (χ2n) is 3.57. The zero-order valence-electron chi connectivity index (χ0n) is 10.5. The SMILES string of the molecule is O=C(OC/C=C\COC(=O)n1ccnc1)n1ccnc1. The van der Waals surface area contributed by atoms with Gasteiger partial charge in [-0.05, 0) is 12.2 Å². The monoisotopic (exact) mass is 276 g/mol. The van der Waals surface area contributed by atoms with Crippen LogP contribution in [-0.4, -0.2) is 44.5 Å². The summed E-state index contributed by atoms with van der Waals surface area (Å²) in [7, 11) is 0. The van der Waals surface area contributed by atoms with Gasteiger partial charge in [0, 0.05) is 24.8 Å². The average molecular weight is 276 g/mol. The van der Waals surface area contributed by atoms with Gasteiger partial charge in [-0.2, -0.15) is 0 Å². The standard InChI is InChI=1S/C12H12N4O4/c17-11(15-5-3-13-9-15)19-7-1-2-8-20-12(18)16-6-4-14-10-16/h1-6,9-10H,7-8H2/b2-1-. The van der Waals surface area contributed by atoms with E-state index in [0.717, 1.165) is 0 Å². The first kappa shape index (κ1) is 13.5. The van der Waals surface area contributed by atoms with Gasteiger partial charge in [0.05, 0.1) is 0 Å². The molecule has 0 aliphatic carbocycles. The molecule has 20 heavy (non-hydrogen) atoms. The number of ether oxygens (including phenoxy) is 2. The number of carbonyl (C=O) groups is 2. The fraction of sp³-hybridized carbons (Fsp3) is 0.167. The van der Waals surface area contributed by atoms with Crippen molar-refractivity contribution in [2.45, 2.75) is 0 Å². The lowest BCUT2D eigenvalue weighted by molar-refractivity contribution is 0.155. The predicted molar refractivity (Wildman–Crippen MR) is 67.1 cm³/mol. The Balaban J connectivity index is 1.63. The quantitative estimate of drug-likeness (QED) is 0.782. The maximum atomic E-state index is 11.4. The summed E-state index contributed by atoms with van der Waals surface area (Å²) in [5, 5.41) is 0. The molecule has 0 radical (unpaired) electrons. The van der Waals surface area contributed by atoms with Crippen molar-refractivity contribution in [3.63, 3.8) is 0 Å². The number of hydrogen-bond acceptors (Lipinski definition) is 6. The molecule has 0 amide bonds. The zero-order valence-corrected chi connectivity index (χ0v) is 10.5. The molecule has 2 rings (SSSR count). The molecule has 0 atom stereocenters. The van der Waals surface area contributed by atoms with Crippen LogP contribution in [0.2, 0.25) is 0 Å². The van der Waals surface area contributed by atoms with E-state index < -0.39 is 12.2 Å². The van der Waals surface area contributed by atoms with Crippen LogP contribution in [0.15, 0.2) is 49.6 Å². The smallest absolute Gasteiger partial charge is 0.419 e. The van der Waals surface area contributed by atoms with Crippen LogP contribution >= 0.6 is 0 Å². The van der Waals surface area contributed by atoms with E-state index in [2.05, 4.69) is 9.97 Å². The lowest BCUT2D eigenvalue weighted by atomic mass is 10.5. The number of carbonyl (C=O) groups excluding carboxylic acids is 2. The second-order valence-corrected chi connectivity index (χ2v) is 3.57. The summed E-state index contributed by atoms with van der Waals surface area (Å²) in [6.07, 6.45) is 10.7. The number of rotatable bonds is 4. The van der Waals surface area contributed by atoms with Crippen LogP contribution in [0.25, 0.3) is 0 Å². The molecule has 0 unspecified atom stereocenters. The summed E-state index contributed by atoms with van der Waals surface area (Å²) in [6, 6.07) is 0. The Morgan fingerprint density at radius 3 is 1.70 bits per heavy atom. The van der Waals surface area contributed by atoms with Gasteiger partial charge in [0.15, 0.2) is 0 Å². The minimum absolute atomic E-state index is 0.0830. The molecule has 8 nitrogen and oxygen atoms in total. The van der Waals surface area contributed by atoms with Gasteiger partial charge >= 0.3 is 12.2 Å². The number of hydrogen-bond donors (Lipinski definition) is 0. The van der Waals surface area contributed by atoms with Crippen molar-refractivity contribution < 1.29 is 19.1 Å². The van der Waals surface area contributed by atoms with Crippen LogP contribution < -0.4 is 0 Å². The van der Waals surface area contributed by atoms with Gasteiger partial charge in [0.1, 0.15) is 25.9 Å². The fourth-order valence-corrected chi connectivity index (χ4v) is 1.26. The summed E-state index contributed by atoms with van der Waals surface area (Å²) >= 11 is 0. The van der Waals surface area contributed by atoms with Crippen LogP contribution in [0, 0.1) is 0 Å². The molecular weight excluding hydrogens is 264 g/mol. The van der Waals surface area contributed by atoms with Crippen LogP contribution in [0.3, 0.4) is 0 Å². The molecule has 2 aromatic rings. The lowest BCUT2D eigenvalue weighted by Gasteiger charge is -2.02. The Hall–Kier alpha value is -2.90. The first-order valence-electron chi connectivity index (χ1n) is 5.72. The summed E-state index contributed by atoms with van der Waals surface area (Å²) in [5.74, 6) is 0. The van der Waals surface area contributed by atoms with Gasteiger partial charge < -0.3 is 9.47 Å². The van der Waals surface area contributed by atoms with Gasteiger partial charge in [-0.15, -0.1) is 0 Å². The fourth-order valence-electron chi connectivity index (χ4n) is 1.26. The predicted octanol–water partition coefficient (Wildman–Crippen LogP) is 1.31. The lowest BCUT2D eigenvalue weighted by Crippen LogP contribution is -2.12. The molecule has 2 heterocycles. The van der Waals surface area contributed by atoms with E-state index in [9.17, 15) is 9.59 Å². The first-order valence-corrected chi connectivity index (χ1v) is 5.72. The van der Waals surface area contributed by atoms with Crippen molar-refractivity contribution in [2.24, 2.45) is 0 Å². The maximum absolute atomic E-state index is 11.4. The van der Waals surface area contributed by atoms with Crippen LogP contribution in [0.1, 0.15) is 0 Å². The van der Waals surface area contributed by atoms with Crippen LogP contribution in [0.4, 0.5) is 9.59 Å². The normalized spacial score (nSPS) is 10.6. The molecule has 104 valence electrons. The van der Waals surface area contributed by atoms with E-state index in [0.29, 0.717) is 0 Å². The van der Waals surface area contributed by atoms with Crippen molar-refractivity contribution in [3.8, 4) is 0 Å². The van der Waals surface area contributed by atoms with Gasteiger partial charge in [-0.25, -0.2) is 28.7 Å². The highest BCUT2D eigenvalue weighted by molar-refractivity contribution is 5.70. The Morgan fingerprint density at radius 1 is 0.900 bits per heavy atom. The van der Waals surface area contributed by atoms with Crippen LogP contribution in [-0.2, 0) is 9.47 Å². The van der Waals surface area contributed by atoms with Crippen molar-refractivity contribution in [1.82, 2.24) is 19.1 Å². The van der Waals surface area contributed by atoms with Crippen molar-refractivity contribution >= 4 is 12.2 Å². The number of imidazole rings is 2. The highest BCUT2D eigenvalue weighted by Gasteiger charge is 2.03. The molecule has 8 heteroatoms. The Bertz CT molecular complexity index is 522. The van der Waals surface area contributed by atoms with E-state index in [1.54, 1.807) is 12.2 Å². The van der Waals surface area contributed by atoms with E-state index in [4.69, 9.17) is 9.47 Å². The Kier molecular flexibility index (Phi) is 4.65. The summed E-state index contributed by atoms with van der Waals surface area (Å²) in [6.45, 7) is 0.166. The summed E-state index contributed by atoms with van der Waals surface area (Å²) < 4.78 is 12.2. The summed E-state index contributed by atoms with van der Waals surface area (Å²) in [4.78, 5) is 30.2. The summed E-state index contributed by atoms with van der Waals surface area (Å²) in [5.41, 5.74) is 0. The zero-order chi connectivity index (χ0) is 14.2. The minimum Gasteiger partial charge on any atom is -0.445 e. The molecule has 0 saturated heterocycles. The van der Waals surface area contributed by atoms with Crippen molar-refractivity contribution in [1.29, 1.82) is 0 Å². The molecule has 0 spiro atoms. The first-order chi connectivity index (χ1) is 9.77. The van der Waals surface area contributed by atoms with E-state index in [1.165, 1.54) is 46.6 Å². The third-order valence-corrected chi connectivity index (χ3v) is 2.20. The number of aromatic nitrogens is 4. The molecule has 0 bridgehead atoms. The third-order valence-electron chi connectivity index (χ3n) is 2.20. The van der Waals surface area contributed by atoms with E-state index >= 15 is 0 Å². The highest BCUT2D eigenvalue weighted by Crippen LogP contribution is 1.92. The second kappa shape index (κ2) is 6.88. The Morgan fingerprint density at radius 2 is 1.35 bits per heavy atom. The number of nitrogens with zero attached hydrogens (tertiary/aromatic N) is 4. The molecule has 0 fully saturated rings. The van der Waals surface area contributed by atoms with Gasteiger partial charge in [-0.3, -0.25) is 0 Å². The molecular formula is C12H12N4O4. The largest absolute Gasteiger partial charge is 0.445 e. The Labute approximate surface area is 114 Å².